The summed E-state index contributed by atoms with van der Waals surface area (Å²) < 4.78 is 0. The largest absolute Gasteiger partial charge is 0.310 e. The molecule has 0 aromatic heterocycles. The zero-order chi connectivity index (χ0) is 43.0. The highest BCUT2D eigenvalue weighted by Gasteiger charge is 2.36. The Kier molecular flexibility index (Phi) is 10.8. The van der Waals surface area contributed by atoms with E-state index in [-0.39, 0.29) is 5.41 Å². The van der Waals surface area contributed by atoms with Gasteiger partial charge in [-0.15, -0.1) is 0 Å². The van der Waals surface area contributed by atoms with Gasteiger partial charge < -0.3 is 9.80 Å². The topological polar surface area (TPSA) is 6.48 Å². The third kappa shape index (κ3) is 7.64. The summed E-state index contributed by atoms with van der Waals surface area (Å²) in [6, 6.07) is 71.3. The van der Waals surface area contributed by atoms with Crippen molar-refractivity contribution < 1.29 is 0 Å². The van der Waals surface area contributed by atoms with Crippen LogP contribution in [0.3, 0.4) is 0 Å². The predicted octanol–water partition coefficient (Wildman–Crippen LogP) is 16.9. The molecule has 8 aromatic carbocycles. The van der Waals surface area contributed by atoms with Gasteiger partial charge in [0, 0.05) is 39.5 Å². The molecule has 0 unspecified atom stereocenters. The average Bonchev–Trinajstić information content (AvgIpc) is 3.49. The summed E-state index contributed by atoms with van der Waals surface area (Å²) in [5.41, 5.74) is 22.2. The first-order valence-corrected chi connectivity index (χ1v) is 23.9. The Morgan fingerprint density at radius 1 is 0.391 bits per heavy atom. The van der Waals surface area contributed by atoms with Crippen molar-refractivity contribution in [2.24, 2.45) is 0 Å². The van der Waals surface area contributed by atoms with Crippen molar-refractivity contribution in [3.63, 3.8) is 0 Å². The normalized spacial score (nSPS) is 15.4. The SMILES string of the molecule is CC1(C)c2cc(-c3ccccc3)ccc2-c2ccc(N(c3ccc(C4CCCCCC4)cc3)c3cc4ccc3CCc3ccc(c(N(c5ccccc5)c5ccccc5)c3)CC4)cc21. The first-order valence-electron chi connectivity index (χ1n) is 23.9. The quantitative estimate of drug-likeness (QED) is 0.141. The van der Waals surface area contributed by atoms with Gasteiger partial charge in [0.2, 0.25) is 0 Å². The number of nitrogens with zero attached hydrogens (tertiary/aromatic N) is 2. The highest BCUT2D eigenvalue weighted by molar-refractivity contribution is 5.88. The van der Waals surface area contributed by atoms with E-state index in [1.165, 1.54) is 134 Å². The second kappa shape index (κ2) is 17.1. The lowest BCUT2D eigenvalue weighted by molar-refractivity contribution is 0.592. The molecule has 0 atom stereocenters. The average molecular weight is 831 g/mol. The van der Waals surface area contributed by atoms with Crippen LogP contribution in [0.4, 0.5) is 34.1 Å². The van der Waals surface area contributed by atoms with Crippen molar-refractivity contribution in [1.82, 2.24) is 0 Å². The number of anilines is 6. The molecule has 316 valence electrons. The molecule has 0 aliphatic heterocycles. The van der Waals surface area contributed by atoms with Crippen molar-refractivity contribution in [3.8, 4) is 22.3 Å². The third-order valence-corrected chi connectivity index (χ3v) is 14.7. The minimum absolute atomic E-state index is 0.154. The van der Waals surface area contributed by atoms with Crippen LogP contribution in [0.1, 0.15) is 97.2 Å². The molecule has 0 heterocycles. The number of aryl methyl sites for hydroxylation is 4. The fraction of sp³-hybridized carbons (Fsp3) is 0.226. The molecule has 2 heteroatoms. The molecule has 2 nitrogen and oxygen atoms in total. The molecule has 1 fully saturated rings. The molecule has 0 N–H and O–H groups in total. The fourth-order valence-electron chi connectivity index (χ4n) is 11.1. The van der Waals surface area contributed by atoms with Gasteiger partial charge in [-0.3, -0.25) is 0 Å². The number of benzene rings is 8. The molecule has 1 saturated carbocycles. The lowest BCUT2D eigenvalue weighted by atomic mass is 9.81. The first kappa shape index (κ1) is 40.2. The lowest BCUT2D eigenvalue weighted by Gasteiger charge is -2.31. The van der Waals surface area contributed by atoms with Crippen molar-refractivity contribution >= 4 is 34.1 Å². The van der Waals surface area contributed by atoms with Crippen LogP contribution < -0.4 is 9.80 Å². The summed E-state index contributed by atoms with van der Waals surface area (Å²) in [6.45, 7) is 4.84. The maximum Gasteiger partial charge on any atom is 0.0496 e. The van der Waals surface area contributed by atoms with Crippen LogP contribution in [0.2, 0.25) is 0 Å². The zero-order valence-electron chi connectivity index (χ0n) is 37.4. The van der Waals surface area contributed by atoms with Gasteiger partial charge in [0.25, 0.3) is 0 Å². The summed E-state index contributed by atoms with van der Waals surface area (Å²) >= 11 is 0. The Balaban J connectivity index is 0.999. The number of hydrogen-bond acceptors (Lipinski definition) is 2. The predicted molar refractivity (Wildman–Crippen MR) is 271 cm³/mol. The van der Waals surface area contributed by atoms with E-state index in [0.717, 1.165) is 25.7 Å². The minimum atomic E-state index is -0.154. The molecular formula is C62H58N2. The standard InChI is InChI=1S/C62H58N2/c1-62(2)58-42-51(47-18-10-5-11-19-47)34-38-56(58)57-39-37-55(43-59(57)62)64(54-35-32-48(33-36-54)46-16-8-3-4-9-17-46)61-41-45-25-29-49-28-24-44(26-30-50(61)31-27-45)40-60(49)63(52-20-12-6-13-21-52)53-22-14-7-15-23-53/h5-7,10-15,18-24,27-28,31-43,46H,3-4,8-9,16-17,25-26,29-30H2,1-2H3. The highest BCUT2D eigenvalue weighted by atomic mass is 15.2. The van der Waals surface area contributed by atoms with Gasteiger partial charge in [-0.2, -0.15) is 0 Å². The first-order chi connectivity index (χ1) is 31.5. The van der Waals surface area contributed by atoms with E-state index < -0.39 is 0 Å². The number of rotatable bonds is 8. The molecule has 6 aliphatic carbocycles. The molecule has 64 heavy (non-hydrogen) atoms. The van der Waals surface area contributed by atoms with E-state index in [1.54, 1.807) is 0 Å². The van der Waals surface area contributed by atoms with Gasteiger partial charge in [-0.05, 0) is 172 Å². The van der Waals surface area contributed by atoms with Gasteiger partial charge in [-0.1, -0.05) is 161 Å². The lowest BCUT2D eigenvalue weighted by Crippen LogP contribution is -2.18. The van der Waals surface area contributed by atoms with E-state index in [4.69, 9.17) is 0 Å². The molecule has 0 saturated heterocycles. The molecular weight excluding hydrogens is 773 g/mol. The molecule has 0 radical (unpaired) electrons. The van der Waals surface area contributed by atoms with Crippen molar-refractivity contribution in [2.45, 2.75) is 89.4 Å². The second-order valence-electron chi connectivity index (χ2n) is 19.0. The third-order valence-electron chi connectivity index (χ3n) is 14.7. The summed E-state index contributed by atoms with van der Waals surface area (Å²) in [7, 11) is 0. The van der Waals surface area contributed by atoms with Crippen molar-refractivity contribution in [1.29, 1.82) is 0 Å². The van der Waals surface area contributed by atoms with E-state index in [0.29, 0.717) is 5.92 Å². The van der Waals surface area contributed by atoms with Crippen LogP contribution in [0.15, 0.2) is 188 Å². The van der Waals surface area contributed by atoms with Crippen LogP contribution in [0.25, 0.3) is 22.3 Å². The maximum absolute atomic E-state index is 2.59. The molecule has 8 aromatic rings. The Hall–Kier alpha value is -6.64. The molecule has 4 bridgehead atoms. The molecule has 6 aliphatic rings. The summed E-state index contributed by atoms with van der Waals surface area (Å²) in [5, 5.41) is 0. The van der Waals surface area contributed by atoms with Crippen LogP contribution in [-0.4, -0.2) is 0 Å². The summed E-state index contributed by atoms with van der Waals surface area (Å²) in [5.74, 6) is 0.658. The number of para-hydroxylation sites is 2. The Bertz CT molecular complexity index is 2860. The highest BCUT2D eigenvalue weighted by Crippen LogP contribution is 2.52. The van der Waals surface area contributed by atoms with Crippen LogP contribution in [0, 0.1) is 0 Å². The minimum Gasteiger partial charge on any atom is -0.310 e. The zero-order valence-corrected chi connectivity index (χ0v) is 37.4. The van der Waals surface area contributed by atoms with E-state index in [1.807, 2.05) is 0 Å². The van der Waals surface area contributed by atoms with Gasteiger partial charge in [0.15, 0.2) is 0 Å². The summed E-state index contributed by atoms with van der Waals surface area (Å²) in [6.07, 6.45) is 11.8. The molecule has 0 spiro atoms. The van der Waals surface area contributed by atoms with Crippen LogP contribution >= 0.6 is 0 Å². The van der Waals surface area contributed by atoms with Crippen LogP contribution in [-0.2, 0) is 31.1 Å². The van der Waals surface area contributed by atoms with Gasteiger partial charge in [0.1, 0.15) is 0 Å². The Labute approximate surface area is 380 Å². The van der Waals surface area contributed by atoms with E-state index in [9.17, 15) is 0 Å². The molecule has 14 rings (SSSR count). The second-order valence-corrected chi connectivity index (χ2v) is 19.0. The fourth-order valence-corrected chi connectivity index (χ4v) is 11.1. The summed E-state index contributed by atoms with van der Waals surface area (Å²) in [4.78, 5) is 5.05. The van der Waals surface area contributed by atoms with E-state index in [2.05, 4.69) is 212 Å². The smallest absolute Gasteiger partial charge is 0.0496 e. The van der Waals surface area contributed by atoms with E-state index >= 15 is 0 Å². The monoisotopic (exact) mass is 830 g/mol. The van der Waals surface area contributed by atoms with Gasteiger partial charge >= 0.3 is 0 Å². The number of fused-ring (bicyclic) bond motifs is 3. The molecule has 0 amide bonds. The Morgan fingerprint density at radius 2 is 0.875 bits per heavy atom. The van der Waals surface area contributed by atoms with Gasteiger partial charge in [-0.25, -0.2) is 0 Å². The van der Waals surface area contributed by atoms with Crippen molar-refractivity contribution in [2.75, 3.05) is 9.80 Å². The number of hydrogen-bond donors (Lipinski definition) is 0. The Morgan fingerprint density at radius 3 is 1.45 bits per heavy atom. The van der Waals surface area contributed by atoms with Gasteiger partial charge in [0.05, 0.1) is 0 Å². The van der Waals surface area contributed by atoms with Crippen LogP contribution in [0.5, 0.6) is 0 Å². The maximum atomic E-state index is 2.59. The van der Waals surface area contributed by atoms with Crippen molar-refractivity contribution in [3.05, 3.63) is 227 Å².